The monoisotopic (exact) mass is 531 g/mol. The number of hydrogen-bond donors (Lipinski definition) is 1. The van der Waals surface area contributed by atoms with E-state index in [1.54, 1.807) is 19.2 Å². The Bertz CT molecular complexity index is 1370. The highest BCUT2D eigenvalue weighted by Crippen LogP contribution is 2.36. The molecule has 5 atom stereocenters. The van der Waals surface area contributed by atoms with Gasteiger partial charge < -0.3 is 28.8 Å². The predicted octanol–water partition coefficient (Wildman–Crippen LogP) is 1.43. The fourth-order valence-electron chi connectivity index (χ4n) is 4.19. The zero-order chi connectivity index (χ0) is 29.5. The number of fused-ring (bicyclic) bond motifs is 1. The summed E-state index contributed by atoms with van der Waals surface area (Å²) in [5.74, 6) is -2.10. The molecular weight excluding hydrogens is 500 g/mol. The first-order valence-electron chi connectivity index (χ1n) is 13.5. The molecule has 1 saturated heterocycles. The summed E-state index contributed by atoms with van der Waals surface area (Å²) in [4.78, 5) is 48.7. The van der Waals surface area contributed by atoms with Crippen molar-refractivity contribution >= 4 is 29.1 Å². The quantitative estimate of drug-likeness (QED) is 0.313. The summed E-state index contributed by atoms with van der Waals surface area (Å²) < 4.78 is 50.2. The highest BCUT2D eigenvalue weighted by Gasteiger charge is 2.51. The number of ether oxygens (including phenoxy) is 5. The minimum absolute atomic E-state index is 0.190. The Labute approximate surface area is 221 Å². The summed E-state index contributed by atoms with van der Waals surface area (Å²) in [7, 11) is 1.55. The highest BCUT2D eigenvalue weighted by molar-refractivity contribution is 5.74. The molecule has 202 valence electrons. The standard InChI is InChI=1S/C25H28N4O9/c1-13(30)35-10-19-22(36-14(2)31)23(37-15(3)32)25(38-19)29-12-28-21-20(26-11-27-24(21)29)18(33)9-16-5-7-17(34-4)8-6-16/h5-8,11-12,18-19,22-23,25,33H,9-10H2,1-4H3/t18?,19-,22-,23-,25?/m1/s1/i1D,2D,3D. The number of carbonyl (C=O) groups is 3. The minimum atomic E-state index is -1.34. The lowest BCUT2D eigenvalue weighted by atomic mass is 10.0. The Morgan fingerprint density at radius 2 is 1.76 bits per heavy atom. The van der Waals surface area contributed by atoms with Gasteiger partial charge in [0.2, 0.25) is 0 Å². The number of carbonyl (C=O) groups excluding carboxylic acids is 3. The molecule has 1 N–H and O–H groups in total. The van der Waals surface area contributed by atoms with Crippen molar-refractivity contribution in [1.82, 2.24) is 19.5 Å². The minimum Gasteiger partial charge on any atom is -0.497 e. The normalized spacial score (nSPS) is 22.6. The average Bonchev–Trinajstić information content (AvgIpc) is 3.57. The molecule has 0 saturated carbocycles. The Morgan fingerprint density at radius 3 is 2.45 bits per heavy atom. The van der Waals surface area contributed by atoms with Crippen molar-refractivity contribution in [3.05, 3.63) is 48.2 Å². The van der Waals surface area contributed by atoms with Gasteiger partial charge in [0.25, 0.3) is 0 Å². The van der Waals surface area contributed by atoms with Gasteiger partial charge in [0.1, 0.15) is 42.1 Å². The molecule has 1 aliphatic heterocycles. The largest absolute Gasteiger partial charge is 0.497 e. The number of imidazole rings is 1. The van der Waals surface area contributed by atoms with Crippen molar-refractivity contribution in [3.63, 3.8) is 0 Å². The van der Waals surface area contributed by atoms with E-state index < -0.39 is 75.9 Å². The molecule has 38 heavy (non-hydrogen) atoms. The lowest BCUT2D eigenvalue weighted by Gasteiger charge is -2.23. The summed E-state index contributed by atoms with van der Waals surface area (Å²) in [6.07, 6.45) is -3.37. The molecule has 0 bridgehead atoms. The van der Waals surface area contributed by atoms with Crippen molar-refractivity contribution in [2.24, 2.45) is 0 Å². The van der Waals surface area contributed by atoms with Gasteiger partial charge in [-0.2, -0.15) is 0 Å². The SMILES string of the molecule is [2H]CC(=O)OC[C@H]1OC(n2cnc3c(C(O)Cc4ccc(OC)cc4)ncnc32)[C@H](OC(=O)C[2H])[C@@H]1OC(=O)C[2H]. The van der Waals surface area contributed by atoms with Crippen LogP contribution in [0.4, 0.5) is 0 Å². The lowest BCUT2D eigenvalue weighted by Crippen LogP contribution is -2.40. The van der Waals surface area contributed by atoms with Gasteiger partial charge in [-0.25, -0.2) is 15.0 Å². The van der Waals surface area contributed by atoms with Gasteiger partial charge in [0.15, 0.2) is 24.1 Å². The molecule has 0 amide bonds. The summed E-state index contributed by atoms with van der Waals surface area (Å²) in [5.41, 5.74) is 1.46. The number of nitrogens with zero attached hydrogens (tertiary/aromatic N) is 4. The number of benzene rings is 1. The molecule has 3 heterocycles. The second-order valence-corrected chi connectivity index (χ2v) is 8.31. The molecule has 0 aliphatic carbocycles. The zero-order valence-electron chi connectivity index (χ0n) is 23.4. The summed E-state index contributed by atoms with van der Waals surface area (Å²) >= 11 is 0. The number of aliphatic hydroxyl groups excluding tert-OH is 1. The van der Waals surface area contributed by atoms with E-state index in [-0.39, 0.29) is 23.3 Å². The molecule has 3 aromatic rings. The van der Waals surface area contributed by atoms with Crippen LogP contribution in [0.25, 0.3) is 11.2 Å². The molecule has 2 aromatic heterocycles. The van der Waals surface area contributed by atoms with Crippen molar-refractivity contribution in [2.45, 2.75) is 57.8 Å². The van der Waals surface area contributed by atoms with Gasteiger partial charge in [-0.05, 0) is 17.7 Å². The third-order valence-electron chi connectivity index (χ3n) is 5.79. The van der Waals surface area contributed by atoms with Crippen LogP contribution in [0.15, 0.2) is 36.9 Å². The van der Waals surface area contributed by atoms with E-state index in [1.807, 2.05) is 12.1 Å². The summed E-state index contributed by atoms with van der Waals surface area (Å²) in [5, 5.41) is 11.0. The first-order valence-corrected chi connectivity index (χ1v) is 11.4. The van der Waals surface area contributed by atoms with Crippen LogP contribution in [0.3, 0.4) is 0 Å². The van der Waals surface area contributed by atoms with Crippen LogP contribution < -0.4 is 4.74 Å². The molecule has 13 heteroatoms. The second kappa shape index (κ2) is 11.5. The van der Waals surface area contributed by atoms with E-state index in [0.717, 1.165) is 5.56 Å². The lowest BCUT2D eigenvalue weighted by molar-refractivity contribution is -0.166. The average molecular weight is 532 g/mol. The van der Waals surface area contributed by atoms with Crippen molar-refractivity contribution < 1.29 is 47.3 Å². The van der Waals surface area contributed by atoms with Crippen LogP contribution in [-0.2, 0) is 39.8 Å². The van der Waals surface area contributed by atoms with Crippen molar-refractivity contribution in [1.29, 1.82) is 0 Å². The van der Waals surface area contributed by atoms with Crippen molar-refractivity contribution in [3.8, 4) is 5.75 Å². The first-order chi connectivity index (χ1) is 19.8. The number of rotatable bonds is 9. The van der Waals surface area contributed by atoms with E-state index >= 15 is 0 Å². The summed E-state index contributed by atoms with van der Waals surface area (Å²) in [6, 6.07) is 7.15. The van der Waals surface area contributed by atoms with Crippen molar-refractivity contribution in [2.75, 3.05) is 13.7 Å². The topological polar surface area (TPSA) is 161 Å². The van der Waals surface area contributed by atoms with Crippen LogP contribution in [0.2, 0.25) is 0 Å². The van der Waals surface area contributed by atoms with Crippen LogP contribution in [0.1, 0.15) is 48.4 Å². The molecular formula is C25H28N4O9. The molecule has 13 nitrogen and oxygen atoms in total. The molecule has 4 rings (SSSR count). The van der Waals surface area contributed by atoms with E-state index in [9.17, 15) is 19.5 Å². The van der Waals surface area contributed by atoms with Gasteiger partial charge in [-0.15, -0.1) is 0 Å². The van der Waals surface area contributed by atoms with E-state index in [1.165, 1.54) is 17.2 Å². The Kier molecular flexibility index (Phi) is 6.99. The Morgan fingerprint density at radius 1 is 1.05 bits per heavy atom. The first kappa shape index (κ1) is 23.0. The third-order valence-corrected chi connectivity index (χ3v) is 5.79. The Balaban J connectivity index is 1.67. The number of esters is 3. The van der Waals surface area contributed by atoms with E-state index in [4.69, 9.17) is 27.8 Å². The molecule has 1 fully saturated rings. The third kappa shape index (κ3) is 5.89. The molecule has 2 unspecified atom stereocenters. The fourth-order valence-corrected chi connectivity index (χ4v) is 4.19. The van der Waals surface area contributed by atoms with Gasteiger partial charge in [0.05, 0.1) is 13.4 Å². The maximum absolute atomic E-state index is 12.2. The van der Waals surface area contributed by atoms with E-state index in [0.29, 0.717) is 5.75 Å². The zero-order valence-corrected chi connectivity index (χ0v) is 20.4. The van der Waals surface area contributed by atoms with E-state index in [2.05, 4.69) is 15.0 Å². The number of aliphatic hydroxyl groups is 1. The molecule has 1 aliphatic rings. The van der Waals surface area contributed by atoms with Crippen LogP contribution in [-0.4, -0.2) is 74.6 Å². The fraction of sp³-hybridized carbons (Fsp3) is 0.440. The maximum Gasteiger partial charge on any atom is 0.303 e. The highest BCUT2D eigenvalue weighted by atomic mass is 16.7. The summed E-state index contributed by atoms with van der Waals surface area (Å²) in [6.45, 7) is -2.59. The van der Waals surface area contributed by atoms with Gasteiger partial charge in [-0.1, -0.05) is 12.1 Å². The van der Waals surface area contributed by atoms with Crippen LogP contribution >= 0.6 is 0 Å². The van der Waals surface area contributed by atoms with Gasteiger partial charge in [0, 0.05) is 31.2 Å². The smallest absolute Gasteiger partial charge is 0.303 e. The molecule has 1 aromatic carbocycles. The number of methoxy groups -OCH3 is 1. The molecule has 0 spiro atoms. The van der Waals surface area contributed by atoms with Gasteiger partial charge >= 0.3 is 17.9 Å². The number of aromatic nitrogens is 4. The van der Waals surface area contributed by atoms with Crippen LogP contribution in [0.5, 0.6) is 5.75 Å². The second-order valence-electron chi connectivity index (χ2n) is 8.31. The van der Waals surface area contributed by atoms with Crippen LogP contribution in [0, 0.1) is 0 Å². The Hall–Kier alpha value is -4.10. The van der Waals surface area contributed by atoms with Gasteiger partial charge in [-0.3, -0.25) is 19.0 Å². The number of hydrogen-bond acceptors (Lipinski definition) is 12. The predicted molar refractivity (Wildman–Crippen MR) is 129 cm³/mol. The molecule has 0 radical (unpaired) electrons. The maximum atomic E-state index is 12.2.